The summed E-state index contributed by atoms with van der Waals surface area (Å²) in [4.78, 5) is 25.7. The van der Waals surface area contributed by atoms with E-state index >= 15 is 0 Å². The molecule has 1 atom stereocenters. The van der Waals surface area contributed by atoms with Gasteiger partial charge in [-0.15, -0.1) is 0 Å². The Balaban J connectivity index is 1.63. The van der Waals surface area contributed by atoms with Crippen molar-refractivity contribution >= 4 is 23.6 Å². The molecule has 2 aromatic carbocycles. The van der Waals surface area contributed by atoms with Gasteiger partial charge in [0, 0.05) is 11.1 Å². The van der Waals surface area contributed by atoms with Crippen LogP contribution in [0.25, 0.3) is 6.08 Å². The number of carbonyl (C=O) groups excluding carboxylic acids is 2. The zero-order valence-electron chi connectivity index (χ0n) is 19.9. The van der Waals surface area contributed by atoms with Crippen molar-refractivity contribution in [3.8, 4) is 11.5 Å². The van der Waals surface area contributed by atoms with Crippen molar-refractivity contribution < 1.29 is 28.5 Å². The smallest absolute Gasteiger partial charge is 0.282 e. The molecule has 180 valence electrons. The minimum absolute atomic E-state index is 0.0249. The van der Waals surface area contributed by atoms with Crippen molar-refractivity contribution in [1.82, 2.24) is 5.43 Å². The van der Waals surface area contributed by atoms with E-state index in [4.69, 9.17) is 18.9 Å². The Bertz CT molecular complexity index is 1100. The lowest BCUT2D eigenvalue weighted by Crippen LogP contribution is -2.35. The molecular weight excluding hydrogens is 436 g/mol. The van der Waals surface area contributed by atoms with Gasteiger partial charge in [-0.3, -0.25) is 15.0 Å². The Hall–Kier alpha value is -3.36. The van der Waals surface area contributed by atoms with Gasteiger partial charge in [-0.05, 0) is 57.5 Å². The zero-order valence-corrected chi connectivity index (χ0v) is 19.9. The van der Waals surface area contributed by atoms with Gasteiger partial charge in [-0.2, -0.15) is 0 Å². The second kappa shape index (κ2) is 9.87. The molecule has 2 aliphatic rings. The third-order valence-corrected chi connectivity index (χ3v) is 5.53. The Kier molecular flexibility index (Phi) is 6.90. The van der Waals surface area contributed by atoms with Crippen LogP contribution in [-0.2, 0) is 19.1 Å². The Morgan fingerprint density at radius 1 is 1.15 bits per heavy atom. The summed E-state index contributed by atoms with van der Waals surface area (Å²) in [6.07, 6.45) is 2.19. The normalized spacial score (nSPS) is 20.6. The third-order valence-electron chi connectivity index (χ3n) is 5.53. The molecule has 2 fully saturated rings. The minimum Gasteiger partial charge on any atom is -0.493 e. The standard InChI is InChI=1S/C26H30N2O6/c1-5-13-31-22-12-11-18(23(17(22)2)32-15-20-16-33-26(3,4)34-20)14-21-24(29)27-28(25(21)30)19-9-7-6-8-10-19/h6-12,14,20H,5,13,15-16H2,1-4H3,(H,27,29)/b21-14+/t20-/m1/s1. The highest BCUT2D eigenvalue weighted by Gasteiger charge is 2.35. The molecule has 0 bridgehead atoms. The molecule has 0 unspecified atom stereocenters. The monoisotopic (exact) mass is 466 g/mol. The van der Waals surface area contributed by atoms with Crippen LogP contribution in [0.15, 0.2) is 48.0 Å². The molecule has 8 heteroatoms. The second-order valence-electron chi connectivity index (χ2n) is 8.69. The van der Waals surface area contributed by atoms with Crippen LogP contribution in [0.5, 0.6) is 11.5 Å². The topological polar surface area (TPSA) is 86.3 Å². The fourth-order valence-corrected chi connectivity index (χ4v) is 3.86. The second-order valence-corrected chi connectivity index (χ2v) is 8.69. The first-order chi connectivity index (χ1) is 16.3. The lowest BCUT2D eigenvalue weighted by atomic mass is 10.0. The van der Waals surface area contributed by atoms with Crippen molar-refractivity contribution in [2.45, 2.75) is 46.0 Å². The van der Waals surface area contributed by atoms with Crippen molar-refractivity contribution in [2.24, 2.45) is 0 Å². The number of anilines is 1. The molecule has 2 saturated heterocycles. The molecule has 34 heavy (non-hydrogen) atoms. The predicted octanol–water partition coefficient (Wildman–Crippen LogP) is 3.78. The van der Waals surface area contributed by atoms with Gasteiger partial charge in [0.15, 0.2) is 5.79 Å². The van der Waals surface area contributed by atoms with E-state index in [9.17, 15) is 9.59 Å². The largest absolute Gasteiger partial charge is 0.493 e. The maximum Gasteiger partial charge on any atom is 0.282 e. The van der Waals surface area contributed by atoms with Gasteiger partial charge in [-0.25, -0.2) is 5.01 Å². The van der Waals surface area contributed by atoms with Crippen molar-refractivity contribution in [2.75, 3.05) is 24.8 Å². The van der Waals surface area contributed by atoms with Gasteiger partial charge in [0.05, 0.1) is 18.9 Å². The molecular formula is C26H30N2O6. The number of hydrazine groups is 1. The molecule has 2 heterocycles. The van der Waals surface area contributed by atoms with Gasteiger partial charge < -0.3 is 18.9 Å². The van der Waals surface area contributed by atoms with Crippen LogP contribution in [0.1, 0.15) is 38.3 Å². The number of hydrogen-bond acceptors (Lipinski definition) is 6. The SMILES string of the molecule is CCCOc1ccc(/C=C2\C(=O)NN(c3ccccc3)C2=O)c(OC[C@@H]2COC(C)(C)O2)c1C. The highest BCUT2D eigenvalue weighted by molar-refractivity contribution is 6.31. The number of nitrogens with one attached hydrogen (secondary N) is 1. The lowest BCUT2D eigenvalue weighted by molar-refractivity contribution is -0.141. The first-order valence-corrected chi connectivity index (χ1v) is 11.4. The van der Waals surface area contributed by atoms with Gasteiger partial charge in [0.2, 0.25) is 0 Å². The summed E-state index contributed by atoms with van der Waals surface area (Å²) >= 11 is 0. The first kappa shape index (κ1) is 23.8. The fraction of sp³-hybridized carbons (Fsp3) is 0.385. The van der Waals surface area contributed by atoms with Gasteiger partial charge in [-0.1, -0.05) is 25.1 Å². The van der Waals surface area contributed by atoms with E-state index in [2.05, 4.69) is 5.43 Å². The van der Waals surface area contributed by atoms with Crippen LogP contribution in [0.4, 0.5) is 5.69 Å². The maximum atomic E-state index is 13.0. The average Bonchev–Trinajstić information content (AvgIpc) is 3.31. The van der Waals surface area contributed by atoms with Crippen LogP contribution >= 0.6 is 0 Å². The van der Waals surface area contributed by atoms with E-state index in [-0.39, 0.29) is 18.3 Å². The minimum atomic E-state index is -0.658. The molecule has 0 aromatic heterocycles. The lowest BCUT2D eigenvalue weighted by Gasteiger charge is -2.19. The number of nitrogens with zero attached hydrogens (tertiary/aromatic N) is 1. The van der Waals surface area contributed by atoms with Gasteiger partial charge in [0.25, 0.3) is 11.8 Å². The number of hydrogen-bond donors (Lipinski definition) is 1. The average molecular weight is 467 g/mol. The summed E-state index contributed by atoms with van der Waals surface area (Å²) < 4.78 is 23.5. The summed E-state index contributed by atoms with van der Waals surface area (Å²) in [5.74, 6) is -0.336. The number of amides is 2. The highest BCUT2D eigenvalue weighted by Crippen LogP contribution is 2.35. The van der Waals surface area contributed by atoms with Crippen LogP contribution in [0.2, 0.25) is 0 Å². The van der Waals surface area contributed by atoms with E-state index < -0.39 is 17.6 Å². The molecule has 2 aromatic rings. The molecule has 0 saturated carbocycles. The van der Waals surface area contributed by atoms with Crippen LogP contribution in [0.3, 0.4) is 0 Å². The molecule has 0 spiro atoms. The summed E-state index contributed by atoms with van der Waals surface area (Å²) in [6.45, 7) is 8.89. The summed E-state index contributed by atoms with van der Waals surface area (Å²) in [5, 5.41) is 1.24. The summed E-state index contributed by atoms with van der Waals surface area (Å²) in [5.41, 5.74) is 4.62. The maximum absolute atomic E-state index is 13.0. The number of carbonyl (C=O) groups is 2. The summed E-state index contributed by atoms with van der Waals surface area (Å²) in [6, 6.07) is 12.6. The van der Waals surface area contributed by atoms with Crippen LogP contribution in [0, 0.1) is 6.92 Å². The van der Waals surface area contributed by atoms with Crippen molar-refractivity contribution in [3.63, 3.8) is 0 Å². The summed E-state index contributed by atoms with van der Waals surface area (Å²) in [7, 11) is 0. The van der Waals surface area contributed by atoms with Crippen LogP contribution < -0.4 is 19.9 Å². The predicted molar refractivity (Wildman–Crippen MR) is 127 cm³/mol. The molecule has 4 rings (SSSR count). The number of para-hydroxylation sites is 1. The van der Waals surface area contributed by atoms with E-state index in [1.54, 1.807) is 36.4 Å². The number of benzene rings is 2. The van der Waals surface area contributed by atoms with Crippen molar-refractivity contribution in [3.05, 3.63) is 59.2 Å². The first-order valence-electron chi connectivity index (χ1n) is 11.4. The van der Waals surface area contributed by atoms with E-state index in [0.717, 1.165) is 12.0 Å². The molecule has 0 aliphatic carbocycles. The molecule has 2 amide bonds. The van der Waals surface area contributed by atoms with E-state index in [1.807, 2.05) is 39.8 Å². The number of ether oxygens (including phenoxy) is 4. The van der Waals surface area contributed by atoms with E-state index in [0.29, 0.717) is 36.0 Å². The highest BCUT2D eigenvalue weighted by atomic mass is 16.7. The molecule has 8 nitrogen and oxygen atoms in total. The van der Waals surface area contributed by atoms with Gasteiger partial charge >= 0.3 is 0 Å². The number of rotatable bonds is 8. The molecule has 2 aliphatic heterocycles. The zero-order chi connectivity index (χ0) is 24.3. The van der Waals surface area contributed by atoms with Crippen LogP contribution in [-0.4, -0.2) is 43.5 Å². The Labute approximate surface area is 199 Å². The van der Waals surface area contributed by atoms with Gasteiger partial charge in [0.1, 0.15) is 29.8 Å². The van der Waals surface area contributed by atoms with E-state index in [1.165, 1.54) is 5.01 Å². The van der Waals surface area contributed by atoms with Crippen molar-refractivity contribution in [1.29, 1.82) is 0 Å². The Morgan fingerprint density at radius 3 is 2.59 bits per heavy atom. The Morgan fingerprint density at radius 2 is 1.91 bits per heavy atom. The molecule has 0 radical (unpaired) electrons. The third kappa shape index (κ3) is 5.08. The fourth-order valence-electron chi connectivity index (χ4n) is 3.86. The molecule has 1 N–H and O–H groups in total. The quantitative estimate of drug-likeness (QED) is 0.471.